The second kappa shape index (κ2) is 4.04. The fourth-order valence-electron chi connectivity index (χ4n) is 1.71. The summed E-state index contributed by atoms with van der Waals surface area (Å²) in [5.74, 6) is -0.411. The summed E-state index contributed by atoms with van der Waals surface area (Å²) in [6.45, 7) is 1.95. The van der Waals surface area contributed by atoms with Crippen LogP contribution in [-0.4, -0.2) is 22.2 Å². The Morgan fingerprint density at radius 3 is 2.75 bits per heavy atom. The van der Waals surface area contributed by atoms with Gasteiger partial charge in [0.1, 0.15) is 0 Å². The van der Waals surface area contributed by atoms with Crippen LogP contribution in [-0.2, 0) is 0 Å². The minimum atomic E-state index is -0.358. The number of nitrogens with one attached hydrogen (secondary N) is 1. The van der Waals surface area contributed by atoms with E-state index in [9.17, 15) is 15.0 Å². The molecule has 16 heavy (non-hydrogen) atoms. The summed E-state index contributed by atoms with van der Waals surface area (Å²) in [4.78, 5) is 11.8. The van der Waals surface area contributed by atoms with Crippen molar-refractivity contribution >= 4 is 5.91 Å². The predicted octanol–water partition coefficient (Wildman–Crippen LogP) is 1.63. The SMILES string of the molecule is CC(NC(=O)c1cccc(O)c1O)C1CC1. The number of hydrogen-bond acceptors (Lipinski definition) is 3. The lowest BCUT2D eigenvalue weighted by Crippen LogP contribution is -2.33. The third kappa shape index (κ3) is 2.10. The fraction of sp³-hybridized carbons (Fsp3) is 0.417. The van der Waals surface area contributed by atoms with E-state index in [4.69, 9.17) is 0 Å². The van der Waals surface area contributed by atoms with E-state index in [0.29, 0.717) is 5.92 Å². The Hall–Kier alpha value is -1.71. The number of hydrogen-bond donors (Lipinski definition) is 3. The number of carbonyl (C=O) groups is 1. The Labute approximate surface area is 93.9 Å². The van der Waals surface area contributed by atoms with Crippen molar-refractivity contribution in [2.45, 2.75) is 25.8 Å². The molecule has 0 aromatic heterocycles. The largest absolute Gasteiger partial charge is 0.504 e. The van der Waals surface area contributed by atoms with Crippen LogP contribution in [0.5, 0.6) is 11.5 Å². The lowest BCUT2D eigenvalue weighted by atomic mass is 10.1. The van der Waals surface area contributed by atoms with Crippen LogP contribution in [0.25, 0.3) is 0 Å². The molecule has 1 unspecified atom stereocenters. The molecule has 1 amide bonds. The van der Waals surface area contributed by atoms with Crippen molar-refractivity contribution in [3.8, 4) is 11.5 Å². The Kier molecular flexibility index (Phi) is 2.73. The van der Waals surface area contributed by atoms with Crippen LogP contribution in [0.4, 0.5) is 0 Å². The average molecular weight is 221 g/mol. The molecule has 0 radical (unpaired) electrons. The minimum absolute atomic E-state index is 0.118. The first-order chi connectivity index (χ1) is 7.59. The Bertz CT molecular complexity index is 413. The summed E-state index contributed by atoms with van der Waals surface area (Å²) in [6.07, 6.45) is 2.29. The number of phenolic OH excluding ortho intramolecular Hbond substituents is 2. The summed E-state index contributed by atoms with van der Waals surface area (Å²) in [5.41, 5.74) is 0.118. The maximum atomic E-state index is 11.8. The van der Waals surface area contributed by atoms with Crippen molar-refractivity contribution in [1.29, 1.82) is 0 Å². The molecular weight excluding hydrogens is 206 g/mol. The molecule has 1 saturated carbocycles. The van der Waals surface area contributed by atoms with E-state index in [1.807, 2.05) is 6.92 Å². The van der Waals surface area contributed by atoms with E-state index in [0.717, 1.165) is 12.8 Å². The molecule has 0 aliphatic heterocycles. The van der Waals surface area contributed by atoms with Gasteiger partial charge in [0, 0.05) is 6.04 Å². The smallest absolute Gasteiger partial charge is 0.255 e. The molecule has 0 heterocycles. The summed E-state index contributed by atoms with van der Waals surface area (Å²) in [7, 11) is 0. The molecule has 1 aromatic carbocycles. The number of phenols is 2. The van der Waals surface area contributed by atoms with Crippen molar-refractivity contribution in [2.24, 2.45) is 5.92 Å². The molecule has 1 aromatic rings. The summed E-state index contributed by atoms with van der Waals surface area (Å²) < 4.78 is 0. The predicted molar refractivity (Wildman–Crippen MR) is 59.4 cm³/mol. The van der Waals surface area contributed by atoms with Gasteiger partial charge in [-0.2, -0.15) is 0 Å². The van der Waals surface area contributed by atoms with Crippen molar-refractivity contribution in [1.82, 2.24) is 5.32 Å². The first-order valence-electron chi connectivity index (χ1n) is 5.41. The first kappa shape index (κ1) is 10.8. The van der Waals surface area contributed by atoms with E-state index in [2.05, 4.69) is 5.32 Å². The van der Waals surface area contributed by atoms with E-state index in [-0.39, 0.29) is 29.0 Å². The third-order valence-electron chi connectivity index (χ3n) is 2.95. The molecular formula is C12H15NO3. The molecule has 4 heteroatoms. The van der Waals surface area contributed by atoms with Gasteiger partial charge in [0.25, 0.3) is 5.91 Å². The zero-order valence-corrected chi connectivity index (χ0v) is 9.10. The summed E-state index contributed by atoms with van der Waals surface area (Å²) in [5, 5.41) is 21.6. The van der Waals surface area contributed by atoms with Crippen LogP contribution >= 0.6 is 0 Å². The van der Waals surface area contributed by atoms with Crippen molar-refractivity contribution in [2.75, 3.05) is 0 Å². The highest BCUT2D eigenvalue weighted by atomic mass is 16.3. The van der Waals surface area contributed by atoms with Gasteiger partial charge in [-0.1, -0.05) is 6.07 Å². The molecule has 1 aliphatic carbocycles. The van der Waals surface area contributed by atoms with Crippen LogP contribution in [0.15, 0.2) is 18.2 Å². The zero-order chi connectivity index (χ0) is 11.7. The number of carbonyl (C=O) groups excluding carboxylic acids is 1. The maximum absolute atomic E-state index is 11.8. The molecule has 86 valence electrons. The number of benzene rings is 1. The molecule has 2 rings (SSSR count). The van der Waals surface area contributed by atoms with Gasteiger partial charge >= 0.3 is 0 Å². The van der Waals surface area contributed by atoms with Gasteiger partial charge in [0.15, 0.2) is 11.5 Å². The van der Waals surface area contributed by atoms with Gasteiger partial charge < -0.3 is 15.5 Å². The normalized spacial score (nSPS) is 16.8. The minimum Gasteiger partial charge on any atom is -0.504 e. The zero-order valence-electron chi connectivity index (χ0n) is 9.10. The molecule has 0 saturated heterocycles. The number of aromatic hydroxyl groups is 2. The molecule has 0 bridgehead atoms. The molecule has 4 nitrogen and oxygen atoms in total. The van der Waals surface area contributed by atoms with Crippen LogP contribution in [0, 0.1) is 5.92 Å². The number of amides is 1. The van der Waals surface area contributed by atoms with Crippen LogP contribution in [0.2, 0.25) is 0 Å². The van der Waals surface area contributed by atoms with E-state index >= 15 is 0 Å². The first-order valence-corrected chi connectivity index (χ1v) is 5.41. The molecule has 1 atom stereocenters. The van der Waals surface area contributed by atoms with Crippen LogP contribution < -0.4 is 5.32 Å². The average Bonchev–Trinajstić information content (AvgIpc) is 3.05. The molecule has 0 spiro atoms. The Morgan fingerprint density at radius 1 is 1.44 bits per heavy atom. The fourth-order valence-corrected chi connectivity index (χ4v) is 1.71. The van der Waals surface area contributed by atoms with E-state index in [1.54, 1.807) is 0 Å². The highest BCUT2D eigenvalue weighted by Crippen LogP contribution is 2.33. The Morgan fingerprint density at radius 2 is 2.12 bits per heavy atom. The van der Waals surface area contributed by atoms with Gasteiger partial charge in [-0.05, 0) is 37.8 Å². The Balaban J connectivity index is 2.10. The van der Waals surface area contributed by atoms with E-state index < -0.39 is 0 Å². The summed E-state index contributed by atoms with van der Waals surface area (Å²) in [6, 6.07) is 4.49. The van der Waals surface area contributed by atoms with Crippen LogP contribution in [0.1, 0.15) is 30.1 Å². The van der Waals surface area contributed by atoms with Crippen molar-refractivity contribution in [3.05, 3.63) is 23.8 Å². The number of rotatable bonds is 3. The van der Waals surface area contributed by atoms with E-state index in [1.165, 1.54) is 18.2 Å². The quantitative estimate of drug-likeness (QED) is 0.679. The second-order valence-corrected chi connectivity index (χ2v) is 4.27. The maximum Gasteiger partial charge on any atom is 0.255 e. The topological polar surface area (TPSA) is 69.6 Å². The monoisotopic (exact) mass is 221 g/mol. The van der Waals surface area contributed by atoms with Gasteiger partial charge in [0.2, 0.25) is 0 Å². The van der Waals surface area contributed by atoms with Crippen LogP contribution in [0.3, 0.4) is 0 Å². The highest BCUT2D eigenvalue weighted by molar-refractivity contribution is 5.97. The third-order valence-corrected chi connectivity index (χ3v) is 2.95. The standard InChI is InChI=1S/C12H15NO3/c1-7(8-5-6-8)13-12(16)9-3-2-4-10(14)11(9)15/h2-4,7-8,14-15H,5-6H2,1H3,(H,13,16). The van der Waals surface area contributed by atoms with Crippen molar-refractivity contribution < 1.29 is 15.0 Å². The lowest BCUT2D eigenvalue weighted by Gasteiger charge is -2.13. The summed E-state index contributed by atoms with van der Waals surface area (Å²) >= 11 is 0. The van der Waals surface area contributed by atoms with Gasteiger partial charge in [0.05, 0.1) is 5.56 Å². The molecule has 3 N–H and O–H groups in total. The van der Waals surface area contributed by atoms with Gasteiger partial charge in [-0.15, -0.1) is 0 Å². The second-order valence-electron chi connectivity index (χ2n) is 4.27. The number of para-hydroxylation sites is 1. The molecule has 1 aliphatic rings. The van der Waals surface area contributed by atoms with Gasteiger partial charge in [-0.25, -0.2) is 0 Å². The lowest BCUT2D eigenvalue weighted by molar-refractivity contribution is 0.0932. The van der Waals surface area contributed by atoms with Crippen molar-refractivity contribution in [3.63, 3.8) is 0 Å². The molecule has 1 fully saturated rings. The van der Waals surface area contributed by atoms with Gasteiger partial charge in [-0.3, -0.25) is 4.79 Å². The highest BCUT2D eigenvalue weighted by Gasteiger charge is 2.29.